The van der Waals surface area contributed by atoms with Crippen LogP contribution in [-0.4, -0.2) is 30.2 Å². The number of hydrogen-bond acceptors (Lipinski definition) is 4. The third-order valence-electron chi connectivity index (χ3n) is 3.76. The highest BCUT2D eigenvalue weighted by atomic mass is 16.5. The summed E-state index contributed by atoms with van der Waals surface area (Å²) in [5.41, 5.74) is 1.49. The van der Waals surface area contributed by atoms with E-state index in [9.17, 15) is 4.79 Å². The molecule has 3 rings (SSSR count). The van der Waals surface area contributed by atoms with Crippen molar-refractivity contribution in [2.75, 3.05) is 13.2 Å². The Morgan fingerprint density at radius 3 is 3.00 bits per heavy atom. The predicted molar refractivity (Wildman–Crippen MR) is 86.3 cm³/mol. The average Bonchev–Trinajstić information content (AvgIpc) is 3.12. The van der Waals surface area contributed by atoms with Crippen molar-refractivity contribution < 1.29 is 14.3 Å². The molecule has 1 amide bonds. The first-order valence-electron chi connectivity index (χ1n) is 7.83. The van der Waals surface area contributed by atoms with E-state index in [2.05, 4.69) is 10.3 Å². The fourth-order valence-electron chi connectivity index (χ4n) is 2.52. The maximum Gasteiger partial charge on any atom is 0.255 e. The number of benzene rings is 1. The van der Waals surface area contributed by atoms with Crippen LogP contribution in [0.4, 0.5) is 0 Å². The highest BCUT2D eigenvalue weighted by molar-refractivity contribution is 5.96. The van der Waals surface area contributed by atoms with E-state index in [-0.39, 0.29) is 12.0 Å². The van der Waals surface area contributed by atoms with Crippen LogP contribution in [-0.2, 0) is 11.3 Å². The van der Waals surface area contributed by atoms with Crippen LogP contribution in [0, 0.1) is 0 Å². The summed E-state index contributed by atoms with van der Waals surface area (Å²) in [5.74, 6) is 0.434. The molecule has 0 spiro atoms. The van der Waals surface area contributed by atoms with E-state index in [1.165, 1.54) is 0 Å². The Hall–Kier alpha value is -2.40. The number of nitrogens with zero attached hydrogens (tertiary/aromatic N) is 1. The van der Waals surface area contributed by atoms with Gasteiger partial charge in [0.1, 0.15) is 12.4 Å². The van der Waals surface area contributed by atoms with Crippen LogP contribution in [0.3, 0.4) is 0 Å². The largest absolute Gasteiger partial charge is 0.490 e. The first-order valence-corrected chi connectivity index (χ1v) is 7.83. The van der Waals surface area contributed by atoms with E-state index in [1.54, 1.807) is 18.5 Å². The molecule has 23 heavy (non-hydrogen) atoms. The molecule has 2 aromatic rings. The standard InChI is InChI=1S/C18H20N2O3/c21-18(20-12-14-5-3-9-19-11-14)16-7-1-2-8-17(16)23-13-15-6-4-10-22-15/h1-3,5,7-9,11,15H,4,6,10,12-13H2,(H,20,21)/t15-/m1/s1. The minimum Gasteiger partial charge on any atom is -0.490 e. The number of hydrogen-bond donors (Lipinski definition) is 1. The number of ether oxygens (including phenoxy) is 2. The lowest BCUT2D eigenvalue weighted by Gasteiger charge is -2.14. The number of pyridine rings is 1. The monoisotopic (exact) mass is 312 g/mol. The molecule has 5 heteroatoms. The molecular formula is C18H20N2O3. The van der Waals surface area contributed by atoms with Crippen LogP contribution in [0.15, 0.2) is 48.8 Å². The van der Waals surface area contributed by atoms with Gasteiger partial charge in [-0.2, -0.15) is 0 Å². The van der Waals surface area contributed by atoms with Crippen molar-refractivity contribution in [1.29, 1.82) is 0 Å². The summed E-state index contributed by atoms with van der Waals surface area (Å²) < 4.78 is 11.3. The zero-order valence-electron chi connectivity index (χ0n) is 12.9. The molecule has 0 bridgehead atoms. The number of amides is 1. The lowest BCUT2D eigenvalue weighted by molar-refractivity contribution is 0.0670. The summed E-state index contributed by atoms with van der Waals surface area (Å²) in [4.78, 5) is 16.4. The minimum absolute atomic E-state index is 0.126. The van der Waals surface area contributed by atoms with E-state index in [4.69, 9.17) is 9.47 Å². The predicted octanol–water partition coefficient (Wildman–Crippen LogP) is 2.57. The normalized spacial score (nSPS) is 17.0. The summed E-state index contributed by atoms with van der Waals surface area (Å²) >= 11 is 0. The summed E-state index contributed by atoms with van der Waals surface area (Å²) in [6.07, 6.45) is 5.65. The Morgan fingerprint density at radius 2 is 2.22 bits per heavy atom. The summed E-state index contributed by atoms with van der Waals surface area (Å²) in [6, 6.07) is 11.0. The molecule has 1 N–H and O–H groups in total. The van der Waals surface area contributed by atoms with E-state index >= 15 is 0 Å². The topological polar surface area (TPSA) is 60.5 Å². The van der Waals surface area contributed by atoms with Crippen molar-refractivity contribution in [3.63, 3.8) is 0 Å². The Labute approximate surface area is 135 Å². The van der Waals surface area contributed by atoms with Gasteiger partial charge in [-0.1, -0.05) is 18.2 Å². The van der Waals surface area contributed by atoms with Crippen molar-refractivity contribution in [3.05, 3.63) is 59.9 Å². The van der Waals surface area contributed by atoms with Gasteiger partial charge in [0.15, 0.2) is 0 Å². The molecule has 0 saturated carbocycles. The van der Waals surface area contributed by atoms with Crippen LogP contribution < -0.4 is 10.1 Å². The van der Waals surface area contributed by atoms with Crippen LogP contribution in [0.2, 0.25) is 0 Å². The van der Waals surface area contributed by atoms with Crippen LogP contribution in [0.5, 0.6) is 5.75 Å². The molecule has 0 aliphatic carbocycles. The maximum atomic E-state index is 12.4. The van der Waals surface area contributed by atoms with Crippen molar-refractivity contribution in [3.8, 4) is 5.75 Å². The van der Waals surface area contributed by atoms with Crippen molar-refractivity contribution in [1.82, 2.24) is 10.3 Å². The average molecular weight is 312 g/mol. The molecule has 0 unspecified atom stereocenters. The second-order valence-electron chi connectivity index (χ2n) is 5.49. The first-order chi connectivity index (χ1) is 11.3. The summed E-state index contributed by atoms with van der Waals surface area (Å²) in [5, 5.41) is 2.89. The lowest BCUT2D eigenvalue weighted by atomic mass is 10.1. The van der Waals surface area contributed by atoms with Gasteiger partial charge >= 0.3 is 0 Å². The highest BCUT2D eigenvalue weighted by Gasteiger charge is 2.18. The molecular weight excluding hydrogens is 292 g/mol. The van der Waals surface area contributed by atoms with Gasteiger partial charge in [0.2, 0.25) is 0 Å². The van der Waals surface area contributed by atoms with E-state index < -0.39 is 0 Å². The van der Waals surface area contributed by atoms with E-state index in [1.807, 2.05) is 30.3 Å². The van der Waals surface area contributed by atoms with Crippen molar-refractivity contribution in [2.24, 2.45) is 0 Å². The van der Waals surface area contributed by atoms with Crippen LogP contribution in [0.1, 0.15) is 28.8 Å². The zero-order valence-corrected chi connectivity index (χ0v) is 12.9. The van der Waals surface area contributed by atoms with E-state index in [0.29, 0.717) is 24.5 Å². The molecule has 1 saturated heterocycles. The fraction of sp³-hybridized carbons (Fsp3) is 0.333. The third kappa shape index (κ3) is 4.29. The van der Waals surface area contributed by atoms with Crippen LogP contribution >= 0.6 is 0 Å². The van der Waals surface area contributed by atoms with Gasteiger partial charge in [0.05, 0.1) is 11.7 Å². The van der Waals surface area contributed by atoms with E-state index in [0.717, 1.165) is 25.0 Å². The number of nitrogens with one attached hydrogen (secondary N) is 1. The smallest absolute Gasteiger partial charge is 0.255 e. The number of carbonyl (C=O) groups excluding carboxylic acids is 1. The van der Waals surface area contributed by atoms with Crippen molar-refractivity contribution >= 4 is 5.91 Å². The number of carbonyl (C=O) groups is 1. The van der Waals surface area contributed by atoms with Gasteiger partial charge in [-0.3, -0.25) is 9.78 Å². The Bertz CT molecular complexity index is 640. The van der Waals surface area contributed by atoms with Gasteiger partial charge in [-0.25, -0.2) is 0 Å². The molecule has 0 radical (unpaired) electrons. The zero-order chi connectivity index (χ0) is 15.9. The Kier molecular flexibility index (Phi) is 5.21. The van der Waals surface area contributed by atoms with Crippen LogP contribution in [0.25, 0.3) is 0 Å². The number of rotatable bonds is 6. The summed E-state index contributed by atoms with van der Waals surface area (Å²) in [6.45, 7) is 1.71. The van der Waals surface area contributed by atoms with Gasteiger partial charge in [-0.05, 0) is 36.6 Å². The first kappa shape index (κ1) is 15.5. The summed E-state index contributed by atoms with van der Waals surface area (Å²) in [7, 11) is 0. The van der Waals surface area contributed by atoms with Gasteiger partial charge in [-0.15, -0.1) is 0 Å². The number of aromatic nitrogens is 1. The molecule has 1 aliphatic heterocycles. The molecule has 1 fully saturated rings. The quantitative estimate of drug-likeness (QED) is 0.890. The molecule has 1 aliphatic rings. The molecule has 120 valence electrons. The molecule has 2 heterocycles. The lowest BCUT2D eigenvalue weighted by Crippen LogP contribution is -2.24. The molecule has 1 aromatic carbocycles. The van der Waals surface area contributed by atoms with Gasteiger partial charge < -0.3 is 14.8 Å². The minimum atomic E-state index is -0.156. The second-order valence-corrected chi connectivity index (χ2v) is 5.49. The highest BCUT2D eigenvalue weighted by Crippen LogP contribution is 2.20. The second kappa shape index (κ2) is 7.74. The Balaban J connectivity index is 1.60. The van der Waals surface area contributed by atoms with Gasteiger partial charge in [0.25, 0.3) is 5.91 Å². The molecule has 5 nitrogen and oxygen atoms in total. The molecule has 1 aromatic heterocycles. The maximum absolute atomic E-state index is 12.4. The third-order valence-corrected chi connectivity index (χ3v) is 3.76. The molecule has 1 atom stereocenters. The fourth-order valence-corrected chi connectivity index (χ4v) is 2.52. The van der Waals surface area contributed by atoms with Gasteiger partial charge in [0, 0.05) is 25.5 Å². The van der Waals surface area contributed by atoms with Crippen molar-refractivity contribution in [2.45, 2.75) is 25.5 Å². The Morgan fingerprint density at radius 1 is 1.30 bits per heavy atom. The SMILES string of the molecule is O=C(NCc1cccnc1)c1ccccc1OC[C@H]1CCCO1. The number of para-hydroxylation sites is 1.